The van der Waals surface area contributed by atoms with Crippen LogP contribution in [0.1, 0.15) is 17.3 Å². The molecule has 2 unspecified atom stereocenters. The molecule has 19 heavy (non-hydrogen) atoms. The maximum Gasteiger partial charge on any atom is 0.337 e. The van der Waals surface area contributed by atoms with E-state index in [1.54, 1.807) is 25.3 Å². The zero-order valence-corrected chi connectivity index (χ0v) is 11.5. The van der Waals surface area contributed by atoms with Crippen molar-refractivity contribution in [2.24, 2.45) is 0 Å². The summed E-state index contributed by atoms with van der Waals surface area (Å²) in [6.45, 7) is 1.73. The van der Waals surface area contributed by atoms with E-state index in [0.717, 1.165) is 0 Å². The van der Waals surface area contributed by atoms with Crippen LogP contribution in [-0.4, -0.2) is 39.4 Å². The highest BCUT2D eigenvalue weighted by atomic mass is 32.2. The van der Waals surface area contributed by atoms with Crippen LogP contribution in [0.5, 0.6) is 0 Å². The highest BCUT2D eigenvalue weighted by Crippen LogP contribution is 2.14. The lowest BCUT2D eigenvalue weighted by molar-refractivity contribution is 0.0698. The smallest absolute Gasteiger partial charge is 0.337 e. The molecule has 6 nitrogen and oxygen atoms in total. The number of carboxylic acid groups (broad SMARTS) is 1. The molecule has 1 aromatic carbocycles. The lowest BCUT2D eigenvalue weighted by atomic mass is 10.2. The number of urea groups is 1. The van der Waals surface area contributed by atoms with E-state index in [2.05, 4.69) is 10.6 Å². The van der Waals surface area contributed by atoms with Crippen LogP contribution in [0.15, 0.2) is 24.3 Å². The number of anilines is 1. The highest BCUT2D eigenvalue weighted by Gasteiger charge is 2.13. The van der Waals surface area contributed by atoms with Gasteiger partial charge >= 0.3 is 12.0 Å². The molecule has 0 aliphatic rings. The summed E-state index contributed by atoms with van der Waals surface area (Å²) in [5, 5.41) is 14.0. The summed E-state index contributed by atoms with van der Waals surface area (Å²) < 4.78 is 11.0. The Morgan fingerprint density at radius 3 is 2.58 bits per heavy atom. The summed E-state index contributed by atoms with van der Waals surface area (Å²) in [7, 11) is -1.01. The summed E-state index contributed by atoms with van der Waals surface area (Å²) >= 11 is 0. The quantitative estimate of drug-likeness (QED) is 0.758. The van der Waals surface area contributed by atoms with Crippen LogP contribution in [0, 0.1) is 0 Å². The zero-order chi connectivity index (χ0) is 14.4. The number of para-hydroxylation sites is 1. The minimum Gasteiger partial charge on any atom is -0.478 e. The number of amides is 2. The number of nitrogens with one attached hydrogen (secondary N) is 2. The molecule has 0 saturated heterocycles. The van der Waals surface area contributed by atoms with Gasteiger partial charge in [-0.2, -0.15) is 0 Å². The van der Waals surface area contributed by atoms with Gasteiger partial charge in [-0.25, -0.2) is 9.59 Å². The van der Waals surface area contributed by atoms with Gasteiger partial charge in [0.05, 0.1) is 11.3 Å². The van der Waals surface area contributed by atoms with Crippen molar-refractivity contribution < 1.29 is 18.9 Å². The van der Waals surface area contributed by atoms with Crippen molar-refractivity contribution in [2.75, 3.05) is 17.3 Å². The molecule has 7 heteroatoms. The molecule has 0 saturated carbocycles. The van der Waals surface area contributed by atoms with Crippen molar-refractivity contribution in [3.8, 4) is 0 Å². The van der Waals surface area contributed by atoms with Crippen molar-refractivity contribution in [1.29, 1.82) is 0 Å². The van der Waals surface area contributed by atoms with Gasteiger partial charge in [0, 0.05) is 28.9 Å². The fourth-order valence-corrected chi connectivity index (χ4v) is 2.34. The summed E-state index contributed by atoms with van der Waals surface area (Å²) in [4.78, 5) is 22.6. The maximum atomic E-state index is 11.7. The number of aromatic carboxylic acids is 1. The Kier molecular flexibility index (Phi) is 5.50. The van der Waals surface area contributed by atoms with Gasteiger partial charge < -0.3 is 15.7 Å². The van der Waals surface area contributed by atoms with Crippen LogP contribution in [-0.2, 0) is 10.8 Å². The van der Waals surface area contributed by atoms with E-state index in [1.807, 2.05) is 0 Å². The van der Waals surface area contributed by atoms with E-state index in [4.69, 9.17) is 5.11 Å². The number of carbonyl (C=O) groups excluding carboxylic acids is 1. The van der Waals surface area contributed by atoms with Crippen LogP contribution in [0.2, 0.25) is 0 Å². The van der Waals surface area contributed by atoms with E-state index in [1.165, 1.54) is 12.1 Å². The molecule has 0 aliphatic carbocycles. The zero-order valence-electron chi connectivity index (χ0n) is 10.7. The first kappa shape index (κ1) is 15.2. The van der Waals surface area contributed by atoms with Crippen molar-refractivity contribution >= 4 is 28.5 Å². The number of rotatable bonds is 5. The number of benzene rings is 1. The van der Waals surface area contributed by atoms with Crippen LogP contribution in [0.4, 0.5) is 10.5 Å². The van der Waals surface area contributed by atoms with E-state index >= 15 is 0 Å². The monoisotopic (exact) mass is 284 g/mol. The molecule has 0 bridgehead atoms. The van der Waals surface area contributed by atoms with E-state index in [9.17, 15) is 13.8 Å². The fourth-order valence-electron chi connectivity index (χ4n) is 1.55. The van der Waals surface area contributed by atoms with Crippen molar-refractivity contribution in [2.45, 2.75) is 13.0 Å². The Bertz CT molecular complexity index is 504. The second-order valence-electron chi connectivity index (χ2n) is 4.09. The first-order chi connectivity index (χ1) is 8.90. The third-order valence-corrected chi connectivity index (χ3v) is 3.24. The Balaban J connectivity index is 2.67. The molecule has 0 aromatic heterocycles. The van der Waals surface area contributed by atoms with E-state index in [-0.39, 0.29) is 17.3 Å². The molecule has 0 radical (unpaired) electrons. The van der Waals surface area contributed by atoms with Crippen molar-refractivity contribution in [1.82, 2.24) is 5.32 Å². The molecule has 0 fully saturated rings. The third-order valence-electron chi connectivity index (χ3n) is 2.27. The van der Waals surface area contributed by atoms with E-state index in [0.29, 0.717) is 5.75 Å². The Morgan fingerprint density at radius 1 is 1.37 bits per heavy atom. The van der Waals surface area contributed by atoms with Gasteiger partial charge in [0.2, 0.25) is 0 Å². The van der Waals surface area contributed by atoms with Crippen molar-refractivity contribution in [3.05, 3.63) is 29.8 Å². The molecule has 104 valence electrons. The minimum absolute atomic E-state index is 0.0179. The van der Waals surface area contributed by atoms with Gasteiger partial charge in [0.1, 0.15) is 0 Å². The number of carboxylic acids is 1. The van der Waals surface area contributed by atoms with Gasteiger partial charge in [-0.05, 0) is 19.1 Å². The topological polar surface area (TPSA) is 95.5 Å². The van der Waals surface area contributed by atoms with E-state index < -0.39 is 22.8 Å². The van der Waals surface area contributed by atoms with Crippen LogP contribution in [0.3, 0.4) is 0 Å². The SMILES string of the molecule is CC(CS(C)=O)NC(=O)Nc1ccccc1C(=O)O. The third kappa shape index (κ3) is 5.09. The molecule has 2 atom stereocenters. The molecule has 1 rings (SSSR count). The average molecular weight is 284 g/mol. The molecule has 1 aromatic rings. The highest BCUT2D eigenvalue weighted by molar-refractivity contribution is 7.84. The summed E-state index contributed by atoms with van der Waals surface area (Å²) in [6.07, 6.45) is 1.55. The maximum absolute atomic E-state index is 11.7. The van der Waals surface area contributed by atoms with Gasteiger partial charge in [-0.3, -0.25) is 4.21 Å². The molecule has 0 heterocycles. The van der Waals surface area contributed by atoms with Gasteiger partial charge in [-0.15, -0.1) is 0 Å². The summed E-state index contributed by atoms with van der Waals surface area (Å²) in [5.74, 6) is -0.771. The minimum atomic E-state index is -1.11. The molecule has 0 aliphatic heterocycles. The van der Waals surface area contributed by atoms with Crippen LogP contribution in [0.25, 0.3) is 0 Å². The predicted octanol–water partition coefficient (Wildman–Crippen LogP) is 1.27. The van der Waals surface area contributed by atoms with Crippen LogP contribution >= 0.6 is 0 Å². The Labute approximate surface area is 113 Å². The number of carbonyl (C=O) groups is 2. The average Bonchev–Trinajstić information content (AvgIpc) is 2.27. The Hall–Kier alpha value is -1.89. The second kappa shape index (κ2) is 6.89. The lowest BCUT2D eigenvalue weighted by Gasteiger charge is -2.14. The first-order valence-electron chi connectivity index (χ1n) is 5.60. The fraction of sp³-hybridized carbons (Fsp3) is 0.333. The second-order valence-corrected chi connectivity index (χ2v) is 5.57. The Morgan fingerprint density at radius 2 is 2.00 bits per heavy atom. The van der Waals surface area contributed by atoms with Crippen LogP contribution < -0.4 is 10.6 Å². The van der Waals surface area contributed by atoms with Gasteiger partial charge in [0.25, 0.3) is 0 Å². The first-order valence-corrected chi connectivity index (χ1v) is 7.32. The molecular weight excluding hydrogens is 268 g/mol. The van der Waals surface area contributed by atoms with Gasteiger partial charge in [-0.1, -0.05) is 12.1 Å². The summed E-state index contributed by atoms with van der Waals surface area (Å²) in [6, 6.07) is 5.34. The number of hydrogen-bond donors (Lipinski definition) is 3. The normalized spacial score (nSPS) is 13.4. The van der Waals surface area contributed by atoms with Crippen molar-refractivity contribution in [3.63, 3.8) is 0 Å². The molecular formula is C12H16N2O4S. The molecule has 0 spiro atoms. The molecule has 2 amide bonds. The standard InChI is InChI=1S/C12H16N2O4S/c1-8(7-19(2)18)13-12(17)14-10-6-4-3-5-9(10)11(15)16/h3-6,8H,7H2,1-2H3,(H,15,16)(H2,13,14,17). The molecule has 3 N–H and O–H groups in total. The lowest BCUT2D eigenvalue weighted by Crippen LogP contribution is -2.39. The van der Waals surface area contributed by atoms with Gasteiger partial charge in [0.15, 0.2) is 0 Å². The largest absolute Gasteiger partial charge is 0.478 e. The predicted molar refractivity (Wildman–Crippen MR) is 74.0 cm³/mol. The summed E-state index contributed by atoms with van der Waals surface area (Å²) in [5.41, 5.74) is 0.238. The number of hydrogen-bond acceptors (Lipinski definition) is 3.